The smallest absolute Gasteiger partial charge is 0.0934 e. The van der Waals surface area contributed by atoms with E-state index in [1.54, 1.807) is 11.3 Å². The van der Waals surface area contributed by atoms with Gasteiger partial charge in [0, 0.05) is 24.2 Å². The molecule has 0 radical (unpaired) electrons. The summed E-state index contributed by atoms with van der Waals surface area (Å²) >= 11 is 7.74. The summed E-state index contributed by atoms with van der Waals surface area (Å²) < 4.78 is 0.850. The summed E-state index contributed by atoms with van der Waals surface area (Å²) in [7, 11) is 2.13. The second-order valence-electron chi connectivity index (χ2n) is 5.37. The molecule has 0 saturated carbocycles. The average Bonchev–Trinajstić information content (AvgIpc) is 2.88. The third-order valence-electron chi connectivity index (χ3n) is 4.07. The van der Waals surface area contributed by atoms with E-state index in [0.717, 1.165) is 17.3 Å². The number of likely N-dealkylation sites (tertiary alicyclic amines) is 1. The Balaban J connectivity index is 1.96. The van der Waals surface area contributed by atoms with Gasteiger partial charge in [0.2, 0.25) is 0 Å². The van der Waals surface area contributed by atoms with Crippen molar-refractivity contribution in [2.75, 3.05) is 13.6 Å². The summed E-state index contributed by atoms with van der Waals surface area (Å²) in [4.78, 5) is 3.52. The van der Waals surface area contributed by atoms with Crippen LogP contribution in [0.3, 0.4) is 0 Å². The molecule has 2 heterocycles. The van der Waals surface area contributed by atoms with Crippen molar-refractivity contribution in [3.8, 4) is 10.4 Å². The summed E-state index contributed by atoms with van der Waals surface area (Å²) in [5.74, 6) is 0.566. The van der Waals surface area contributed by atoms with Crippen molar-refractivity contribution in [2.45, 2.75) is 18.8 Å². The van der Waals surface area contributed by atoms with Gasteiger partial charge in [0.25, 0.3) is 0 Å². The van der Waals surface area contributed by atoms with Crippen LogP contribution in [-0.4, -0.2) is 18.5 Å². The monoisotopic (exact) mass is 303 g/mol. The minimum absolute atomic E-state index is 0.566. The normalized spacial score (nSPS) is 19.4. The molecule has 0 N–H and O–H groups in total. The van der Waals surface area contributed by atoms with Crippen LogP contribution in [0.5, 0.6) is 0 Å². The molecule has 1 saturated heterocycles. The van der Waals surface area contributed by atoms with Crippen LogP contribution >= 0.6 is 22.9 Å². The van der Waals surface area contributed by atoms with Crippen molar-refractivity contribution in [3.63, 3.8) is 0 Å². The molecule has 1 aromatic carbocycles. The lowest BCUT2D eigenvalue weighted by atomic mass is 9.85. The fourth-order valence-electron chi connectivity index (χ4n) is 2.85. The summed E-state index contributed by atoms with van der Waals surface area (Å²) in [6, 6.07) is 12.8. The lowest BCUT2D eigenvalue weighted by molar-refractivity contribution is 0.322. The molecule has 2 aromatic rings. The van der Waals surface area contributed by atoms with Gasteiger partial charge < -0.3 is 4.90 Å². The van der Waals surface area contributed by atoms with Crippen molar-refractivity contribution in [3.05, 3.63) is 58.6 Å². The first-order valence-corrected chi connectivity index (χ1v) is 8.08. The lowest BCUT2D eigenvalue weighted by Gasteiger charge is -2.33. The van der Waals surface area contributed by atoms with E-state index in [4.69, 9.17) is 11.6 Å². The molecule has 3 rings (SSSR count). The van der Waals surface area contributed by atoms with E-state index >= 15 is 0 Å². The van der Waals surface area contributed by atoms with Gasteiger partial charge in [-0.05, 0) is 42.0 Å². The molecule has 1 unspecified atom stereocenters. The Labute approximate surface area is 129 Å². The average molecular weight is 304 g/mol. The topological polar surface area (TPSA) is 3.24 Å². The van der Waals surface area contributed by atoms with Crippen LogP contribution in [0, 0.1) is 0 Å². The molecule has 1 aromatic heterocycles. The summed E-state index contributed by atoms with van der Waals surface area (Å²) in [6.45, 7) is 5.27. The minimum atomic E-state index is 0.566. The van der Waals surface area contributed by atoms with Crippen molar-refractivity contribution in [1.29, 1.82) is 0 Å². The summed E-state index contributed by atoms with van der Waals surface area (Å²) in [5.41, 5.74) is 3.99. The number of hydrogen-bond donors (Lipinski definition) is 0. The fourth-order valence-corrected chi connectivity index (χ4v) is 3.94. The number of rotatable bonds is 2. The number of piperidine rings is 1. The van der Waals surface area contributed by atoms with E-state index in [2.05, 4.69) is 48.9 Å². The molecule has 104 valence electrons. The zero-order valence-electron chi connectivity index (χ0n) is 11.6. The molecule has 3 heteroatoms. The highest BCUT2D eigenvalue weighted by atomic mass is 35.5. The van der Waals surface area contributed by atoms with Crippen LogP contribution in [0.1, 0.15) is 24.3 Å². The highest BCUT2D eigenvalue weighted by molar-refractivity contribution is 7.19. The van der Waals surface area contributed by atoms with Crippen LogP contribution in [0.25, 0.3) is 10.4 Å². The van der Waals surface area contributed by atoms with E-state index in [1.807, 2.05) is 6.07 Å². The number of nitrogens with zero attached hydrogens (tertiary/aromatic N) is 1. The van der Waals surface area contributed by atoms with Gasteiger partial charge in [0.1, 0.15) is 0 Å². The van der Waals surface area contributed by atoms with E-state index in [0.29, 0.717) is 5.92 Å². The number of hydrogen-bond acceptors (Lipinski definition) is 2. The van der Waals surface area contributed by atoms with Crippen molar-refractivity contribution in [2.24, 2.45) is 0 Å². The molecular formula is C17H18ClNS. The maximum absolute atomic E-state index is 6.09. The Hall–Kier alpha value is -1.25. The Morgan fingerprint density at radius 1 is 1.25 bits per heavy atom. The number of halogens is 1. The Bertz CT molecular complexity index is 631. The number of allylic oxidation sites excluding steroid dienone is 1. The molecule has 1 aliphatic rings. The molecule has 0 aliphatic carbocycles. The van der Waals surface area contributed by atoms with Crippen LogP contribution in [0.2, 0.25) is 4.34 Å². The molecule has 1 aliphatic heterocycles. The molecule has 1 atom stereocenters. The van der Waals surface area contributed by atoms with E-state index in [9.17, 15) is 0 Å². The third-order valence-corrected chi connectivity index (χ3v) is 5.34. The third kappa shape index (κ3) is 2.63. The van der Waals surface area contributed by atoms with Gasteiger partial charge in [-0.15, -0.1) is 11.3 Å². The summed E-state index contributed by atoms with van der Waals surface area (Å²) in [5, 5.41) is 0. The van der Waals surface area contributed by atoms with E-state index in [-0.39, 0.29) is 0 Å². The van der Waals surface area contributed by atoms with Gasteiger partial charge in [-0.3, -0.25) is 0 Å². The Morgan fingerprint density at radius 2 is 2.05 bits per heavy atom. The van der Waals surface area contributed by atoms with E-state index < -0.39 is 0 Å². The molecule has 1 nitrogen and oxygen atoms in total. The molecule has 20 heavy (non-hydrogen) atoms. The second kappa shape index (κ2) is 5.63. The number of thiophene rings is 1. The quantitative estimate of drug-likeness (QED) is 0.719. The minimum Gasteiger partial charge on any atom is -0.378 e. The van der Waals surface area contributed by atoms with Gasteiger partial charge in [-0.25, -0.2) is 0 Å². The highest BCUT2D eigenvalue weighted by Gasteiger charge is 2.23. The predicted molar refractivity (Wildman–Crippen MR) is 88.5 cm³/mol. The second-order valence-corrected chi connectivity index (χ2v) is 7.08. The van der Waals surface area contributed by atoms with Crippen molar-refractivity contribution in [1.82, 2.24) is 4.90 Å². The molecule has 0 bridgehead atoms. The van der Waals surface area contributed by atoms with Crippen LogP contribution in [-0.2, 0) is 0 Å². The van der Waals surface area contributed by atoms with Gasteiger partial charge in [-0.1, -0.05) is 42.4 Å². The SMILES string of the molecule is C=C1CC(c2ccccc2-c2ccc(Cl)s2)CCN1C. The molecular weight excluding hydrogens is 286 g/mol. The number of benzene rings is 1. The molecule has 0 amide bonds. The summed E-state index contributed by atoms with van der Waals surface area (Å²) in [6.07, 6.45) is 2.23. The molecule has 0 spiro atoms. The predicted octanol–water partition coefficient (Wildman–Crippen LogP) is 5.39. The van der Waals surface area contributed by atoms with Crippen molar-refractivity contribution >= 4 is 22.9 Å². The van der Waals surface area contributed by atoms with Crippen LogP contribution < -0.4 is 0 Å². The Kier molecular flexibility index (Phi) is 3.86. The molecule has 1 fully saturated rings. The maximum atomic E-state index is 6.09. The van der Waals surface area contributed by atoms with Crippen LogP contribution in [0.15, 0.2) is 48.7 Å². The zero-order valence-corrected chi connectivity index (χ0v) is 13.2. The lowest BCUT2D eigenvalue weighted by Crippen LogP contribution is -2.27. The first-order valence-electron chi connectivity index (χ1n) is 6.88. The highest BCUT2D eigenvalue weighted by Crippen LogP contribution is 2.40. The standard InChI is InChI=1S/C17H18ClNS/c1-12-11-13(9-10-19(12)2)14-5-3-4-6-15(14)16-7-8-17(18)20-16/h3-8,13H,1,9-11H2,2H3. The van der Waals surface area contributed by atoms with Gasteiger partial charge >= 0.3 is 0 Å². The van der Waals surface area contributed by atoms with Gasteiger partial charge in [0.05, 0.1) is 4.34 Å². The Morgan fingerprint density at radius 3 is 2.75 bits per heavy atom. The van der Waals surface area contributed by atoms with Crippen LogP contribution in [0.4, 0.5) is 0 Å². The van der Waals surface area contributed by atoms with Gasteiger partial charge in [0.15, 0.2) is 0 Å². The van der Waals surface area contributed by atoms with Crippen molar-refractivity contribution < 1.29 is 0 Å². The fraction of sp³-hybridized carbons (Fsp3) is 0.294. The van der Waals surface area contributed by atoms with E-state index in [1.165, 1.54) is 28.1 Å². The first kappa shape index (κ1) is 13.7. The van der Waals surface area contributed by atoms with Gasteiger partial charge in [-0.2, -0.15) is 0 Å². The largest absolute Gasteiger partial charge is 0.378 e. The maximum Gasteiger partial charge on any atom is 0.0934 e. The first-order chi connectivity index (χ1) is 9.65. The zero-order chi connectivity index (χ0) is 14.1.